The molecule has 2 nitrogen and oxygen atoms in total. The Morgan fingerprint density at radius 2 is 2.21 bits per heavy atom. The first-order valence-corrected chi connectivity index (χ1v) is 5.96. The third-order valence-electron chi connectivity index (χ3n) is 2.77. The molecular weight excluding hydrogens is 194 g/mol. The summed E-state index contributed by atoms with van der Waals surface area (Å²) in [4.78, 5) is 15.1. The van der Waals surface area contributed by atoms with Crippen molar-refractivity contribution in [3.63, 3.8) is 0 Å². The molecule has 1 aromatic heterocycles. The third-order valence-corrected chi connectivity index (χ3v) is 3.65. The summed E-state index contributed by atoms with van der Waals surface area (Å²) in [5.41, 5.74) is 1.20. The molecule has 1 aliphatic rings. The molecule has 76 valence electrons. The van der Waals surface area contributed by atoms with Gasteiger partial charge in [-0.1, -0.05) is 0 Å². The van der Waals surface area contributed by atoms with Crippen LogP contribution in [-0.4, -0.2) is 23.9 Å². The molecule has 0 aliphatic carbocycles. The number of hydrogen-bond acceptors (Lipinski definition) is 2. The lowest BCUT2D eigenvalue weighted by molar-refractivity contribution is -0.129. The molecule has 0 atom stereocenters. The van der Waals surface area contributed by atoms with Crippen molar-refractivity contribution < 1.29 is 4.79 Å². The van der Waals surface area contributed by atoms with Gasteiger partial charge >= 0.3 is 0 Å². The van der Waals surface area contributed by atoms with E-state index in [4.69, 9.17) is 0 Å². The maximum Gasteiger partial charge on any atom is 0.227 e. The highest BCUT2D eigenvalue weighted by molar-refractivity contribution is 7.10. The van der Waals surface area contributed by atoms with Crippen LogP contribution in [0.15, 0.2) is 11.4 Å². The smallest absolute Gasteiger partial charge is 0.227 e. The van der Waals surface area contributed by atoms with Gasteiger partial charge < -0.3 is 4.90 Å². The molecule has 0 unspecified atom stereocenters. The highest BCUT2D eigenvalue weighted by Gasteiger charge is 2.18. The number of carbonyl (C=O) groups is 1. The fourth-order valence-electron chi connectivity index (χ4n) is 1.84. The van der Waals surface area contributed by atoms with Crippen LogP contribution >= 0.6 is 11.3 Å². The van der Waals surface area contributed by atoms with Crippen molar-refractivity contribution in [3.05, 3.63) is 21.9 Å². The van der Waals surface area contributed by atoms with Crippen LogP contribution in [0.3, 0.4) is 0 Å². The summed E-state index contributed by atoms with van der Waals surface area (Å²) in [7, 11) is 0. The Bertz CT molecular complexity index is 326. The minimum Gasteiger partial charge on any atom is -0.342 e. The van der Waals surface area contributed by atoms with Gasteiger partial charge in [0, 0.05) is 18.0 Å². The fraction of sp³-hybridized carbons (Fsp3) is 0.545. The number of hydrogen-bond donors (Lipinski definition) is 0. The van der Waals surface area contributed by atoms with E-state index in [-0.39, 0.29) is 0 Å². The molecule has 3 heteroatoms. The molecular formula is C11H15NOS. The Hall–Kier alpha value is -0.830. The van der Waals surface area contributed by atoms with E-state index in [1.807, 2.05) is 4.90 Å². The van der Waals surface area contributed by atoms with E-state index in [1.54, 1.807) is 11.3 Å². The van der Waals surface area contributed by atoms with Crippen molar-refractivity contribution in [3.8, 4) is 0 Å². The molecule has 14 heavy (non-hydrogen) atoms. The molecule has 1 saturated heterocycles. The number of amides is 1. The highest BCUT2D eigenvalue weighted by atomic mass is 32.1. The summed E-state index contributed by atoms with van der Waals surface area (Å²) in [5, 5.41) is 2.06. The maximum absolute atomic E-state index is 11.8. The molecule has 0 aromatic carbocycles. The Morgan fingerprint density at radius 3 is 2.79 bits per heavy atom. The van der Waals surface area contributed by atoms with Crippen LogP contribution in [0.25, 0.3) is 0 Å². The standard InChI is InChI=1S/C11H15NOS/c1-9-10(4-7-14-9)8-11(13)12-5-2-3-6-12/h4,7H,2-3,5-6,8H2,1H3. The molecule has 1 aromatic rings. The first-order chi connectivity index (χ1) is 6.77. The van der Waals surface area contributed by atoms with Gasteiger partial charge in [0.2, 0.25) is 5.91 Å². The lowest BCUT2D eigenvalue weighted by Crippen LogP contribution is -2.29. The Balaban J connectivity index is 1.97. The largest absolute Gasteiger partial charge is 0.342 e. The molecule has 2 rings (SSSR count). The zero-order valence-electron chi connectivity index (χ0n) is 8.45. The third kappa shape index (κ3) is 1.98. The summed E-state index contributed by atoms with van der Waals surface area (Å²) >= 11 is 1.72. The van der Waals surface area contributed by atoms with E-state index in [0.29, 0.717) is 12.3 Å². The Labute approximate surface area is 88.5 Å². The van der Waals surface area contributed by atoms with Gasteiger partial charge in [0.25, 0.3) is 0 Å². The van der Waals surface area contributed by atoms with E-state index in [1.165, 1.54) is 23.3 Å². The number of nitrogens with zero attached hydrogens (tertiary/aromatic N) is 1. The number of rotatable bonds is 2. The molecule has 2 heterocycles. The number of carbonyl (C=O) groups excluding carboxylic acids is 1. The fourth-order valence-corrected chi connectivity index (χ4v) is 2.56. The minimum atomic E-state index is 0.295. The van der Waals surface area contributed by atoms with Crippen molar-refractivity contribution in [2.24, 2.45) is 0 Å². The summed E-state index contributed by atoms with van der Waals surface area (Å²) in [5.74, 6) is 0.295. The normalized spacial score (nSPS) is 16.2. The second kappa shape index (κ2) is 4.13. The lowest BCUT2D eigenvalue weighted by atomic mass is 10.2. The summed E-state index contributed by atoms with van der Waals surface area (Å²) in [6.45, 7) is 4.00. The van der Waals surface area contributed by atoms with Gasteiger partial charge in [-0.15, -0.1) is 11.3 Å². The average Bonchev–Trinajstić information content (AvgIpc) is 2.77. The Kier molecular flexibility index (Phi) is 2.87. The van der Waals surface area contributed by atoms with E-state index in [0.717, 1.165) is 13.1 Å². The molecule has 0 saturated carbocycles. The van der Waals surface area contributed by atoms with Crippen LogP contribution in [0.4, 0.5) is 0 Å². The zero-order valence-corrected chi connectivity index (χ0v) is 9.27. The Morgan fingerprint density at radius 1 is 1.50 bits per heavy atom. The van der Waals surface area contributed by atoms with E-state index in [2.05, 4.69) is 18.4 Å². The van der Waals surface area contributed by atoms with Crippen LogP contribution in [-0.2, 0) is 11.2 Å². The van der Waals surface area contributed by atoms with Gasteiger partial charge in [-0.2, -0.15) is 0 Å². The molecule has 0 bridgehead atoms. The highest BCUT2D eigenvalue weighted by Crippen LogP contribution is 2.17. The predicted molar refractivity (Wildman–Crippen MR) is 58.6 cm³/mol. The van der Waals surface area contributed by atoms with Crippen molar-refractivity contribution in [1.82, 2.24) is 4.90 Å². The van der Waals surface area contributed by atoms with Crippen LogP contribution in [0, 0.1) is 6.92 Å². The van der Waals surface area contributed by atoms with Gasteiger partial charge in [-0.05, 0) is 36.8 Å². The number of likely N-dealkylation sites (tertiary alicyclic amines) is 1. The second-order valence-electron chi connectivity index (χ2n) is 3.77. The van der Waals surface area contributed by atoms with Gasteiger partial charge in [0.05, 0.1) is 6.42 Å². The first kappa shape index (κ1) is 9.71. The van der Waals surface area contributed by atoms with Crippen LogP contribution in [0.5, 0.6) is 0 Å². The van der Waals surface area contributed by atoms with E-state index < -0.39 is 0 Å². The maximum atomic E-state index is 11.8. The molecule has 0 N–H and O–H groups in total. The number of thiophene rings is 1. The van der Waals surface area contributed by atoms with Gasteiger partial charge in [-0.25, -0.2) is 0 Å². The lowest BCUT2D eigenvalue weighted by Gasteiger charge is -2.14. The molecule has 1 fully saturated rings. The molecule has 0 radical (unpaired) electrons. The second-order valence-corrected chi connectivity index (χ2v) is 4.89. The molecule has 1 aliphatic heterocycles. The zero-order chi connectivity index (χ0) is 9.97. The summed E-state index contributed by atoms with van der Waals surface area (Å²) < 4.78 is 0. The minimum absolute atomic E-state index is 0.295. The van der Waals surface area contributed by atoms with Gasteiger partial charge in [0.1, 0.15) is 0 Å². The predicted octanol–water partition coefficient (Wildman–Crippen LogP) is 2.22. The van der Waals surface area contributed by atoms with Crippen LogP contribution < -0.4 is 0 Å². The first-order valence-electron chi connectivity index (χ1n) is 5.08. The average molecular weight is 209 g/mol. The van der Waals surface area contributed by atoms with Crippen molar-refractivity contribution >= 4 is 17.2 Å². The van der Waals surface area contributed by atoms with E-state index >= 15 is 0 Å². The van der Waals surface area contributed by atoms with E-state index in [9.17, 15) is 4.79 Å². The summed E-state index contributed by atoms with van der Waals surface area (Å²) in [6.07, 6.45) is 2.94. The van der Waals surface area contributed by atoms with Gasteiger partial charge in [-0.3, -0.25) is 4.79 Å². The molecule has 1 amide bonds. The monoisotopic (exact) mass is 209 g/mol. The van der Waals surface area contributed by atoms with Crippen LogP contribution in [0.2, 0.25) is 0 Å². The van der Waals surface area contributed by atoms with Crippen molar-refractivity contribution in [1.29, 1.82) is 0 Å². The van der Waals surface area contributed by atoms with Crippen LogP contribution in [0.1, 0.15) is 23.3 Å². The van der Waals surface area contributed by atoms with Gasteiger partial charge in [0.15, 0.2) is 0 Å². The molecule has 0 spiro atoms. The number of aryl methyl sites for hydroxylation is 1. The van der Waals surface area contributed by atoms with Crippen molar-refractivity contribution in [2.45, 2.75) is 26.2 Å². The SMILES string of the molecule is Cc1sccc1CC(=O)N1CCCC1. The van der Waals surface area contributed by atoms with Crippen molar-refractivity contribution in [2.75, 3.05) is 13.1 Å². The quantitative estimate of drug-likeness (QED) is 0.731. The summed E-state index contributed by atoms with van der Waals surface area (Å²) in [6, 6.07) is 2.06. The topological polar surface area (TPSA) is 20.3 Å².